The summed E-state index contributed by atoms with van der Waals surface area (Å²) in [5, 5.41) is 10.6. The molecule has 0 aliphatic heterocycles. The van der Waals surface area contributed by atoms with Gasteiger partial charge in [-0.1, -0.05) is 31.2 Å². The Bertz CT molecular complexity index is 1270. The number of imidazole rings is 1. The molecule has 2 heterocycles. The summed E-state index contributed by atoms with van der Waals surface area (Å²) in [5.41, 5.74) is 12.9. The van der Waals surface area contributed by atoms with Crippen LogP contribution in [0.2, 0.25) is 0 Å². The van der Waals surface area contributed by atoms with Gasteiger partial charge in [0.15, 0.2) is 5.82 Å². The van der Waals surface area contributed by atoms with Crippen molar-refractivity contribution in [3.8, 4) is 22.5 Å². The molecule has 30 heavy (non-hydrogen) atoms. The van der Waals surface area contributed by atoms with Crippen LogP contribution in [0.3, 0.4) is 0 Å². The molecule has 2 aromatic heterocycles. The van der Waals surface area contributed by atoms with Gasteiger partial charge in [0.2, 0.25) is 5.95 Å². The second-order valence-electron chi connectivity index (χ2n) is 6.64. The zero-order valence-electron chi connectivity index (χ0n) is 15.8. The lowest BCUT2D eigenvalue weighted by Crippen LogP contribution is -2.08. The highest BCUT2D eigenvalue weighted by molar-refractivity contribution is 5.88. The Kier molecular flexibility index (Phi) is 4.49. The van der Waals surface area contributed by atoms with E-state index >= 15 is 0 Å². The molecule has 10 heteroatoms. The maximum Gasteiger partial charge on any atom is 0.417 e. The number of aryl methyl sites for hydroxylation is 1. The third kappa shape index (κ3) is 3.15. The summed E-state index contributed by atoms with van der Waals surface area (Å²) in [6.45, 7) is 1.88. The summed E-state index contributed by atoms with van der Waals surface area (Å²) < 4.78 is 40.9. The van der Waals surface area contributed by atoms with Crippen LogP contribution in [0.15, 0.2) is 42.5 Å². The van der Waals surface area contributed by atoms with Crippen LogP contribution in [0.25, 0.3) is 33.5 Å². The Morgan fingerprint density at radius 2 is 1.77 bits per heavy atom. The standard InChI is InChI=1S/C20H17F3N6O/c1-2-13-16(17(24)28-19(25)27-13)10-7-8-14-15(9-10)29(30)18(26-14)11-5-3-4-6-12(11)20(21,22)23/h3-9,30H,2H2,1H3,(H4,24,25,27,28). The molecule has 154 valence electrons. The van der Waals surface area contributed by atoms with E-state index in [0.29, 0.717) is 33.5 Å². The fraction of sp³-hybridized carbons (Fsp3) is 0.150. The van der Waals surface area contributed by atoms with E-state index in [1.807, 2.05) is 6.92 Å². The normalized spacial score (nSPS) is 11.9. The van der Waals surface area contributed by atoms with Crippen LogP contribution >= 0.6 is 0 Å². The summed E-state index contributed by atoms with van der Waals surface area (Å²) >= 11 is 0. The Balaban J connectivity index is 1.92. The SMILES string of the molecule is CCc1nc(N)nc(N)c1-c1ccc2nc(-c3ccccc3C(F)(F)F)n(O)c2c1. The van der Waals surface area contributed by atoms with Crippen LogP contribution in [-0.2, 0) is 12.6 Å². The maximum absolute atomic E-state index is 13.4. The van der Waals surface area contributed by atoms with E-state index in [4.69, 9.17) is 11.5 Å². The van der Waals surface area contributed by atoms with Crippen molar-refractivity contribution in [2.45, 2.75) is 19.5 Å². The molecule has 4 rings (SSSR count). The fourth-order valence-corrected chi connectivity index (χ4v) is 3.43. The van der Waals surface area contributed by atoms with Gasteiger partial charge in [-0.15, -0.1) is 0 Å². The second kappa shape index (κ2) is 6.90. The van der Waals surface area contributed by atoms with E-state index in [0.717, 1.165) is 6.07 Å². The predicted molar refractivity (Wildman–Crippen MR) is 107 cm³/mol. The van der Waals surface area contributed by atoms with Gasteiger partial charge >= 0.3 is 6.18 Å². The van der Waals surface area contributed by atoms with Crippen LogP contribution in [-0.4, -0.2) is 24.9 Å². The van der Waals surface area contributed by atoms with E-state index in [9.17, 15) is 18.4 Å². The molecule has 0 radical (unpaired) electrons. The van der Waals surface area contributed by atoms with Crippen molar-refractivity contribution in [1.82, 2.24) is 19.7 Å². The van der Waals surface area contributed by atoms with E-state index in [-0.39, 0.29) is 28.7 Å². The summed E-state index contributed by atoms with van der Waals surface area (Å²) in [4.78, 5) is 12.4. The van der Waals surface area contributed by atoms with Crippen LogP contribution in [0.5, 0.6) is 0 Å². The first-order chi connectivity index (χ1) is 14.2. The highest BCUT2D eigenvalue weighted by Gasteiger charge is 2.34. The summed E-state index contributed by atoms with van der Waals surface area (Å²) in [7, 11) is 0. The third-order valence-corrected chi connectivity index (χ3v) is 4.76. The number of hydrogen-bond donors (Lipinski definition) is 3. The van der Waals surface area contributed by atoms with Crippen molar-refractivity contribution in [2.75, 3.05) is 11.5 Å². The smallest absolute Gasteiger partial charge is 0.417 e. The quantitative estimate of drug-likeness (QED) is 0.434. The summed E-state index contributed by atoms with van der Waals surface area (Å²) in [6, 6.07) is 9.80. The number of benzene rings is 2. The molecule has 0 unspecified atom stereocenters. The lowest BCUT2D eigenvalue weighted by atomic mass is 10.0. The number of nitrogen functional groups attached to an aromatic ring is 2. The Morgan fingerprint density at radius 1 is 1.03 bits per heavy atom. The molecule has 2 aromatic carbocycles. The van der Waals surface area contributed by atoms with E-state index in [1.54, 1.807) is 18.2 Å². The minimum absolute atomic E-state index is 0.0485. The number of rotatable bonds is 3. The number of anilines is 2. The molecule has 5 N–H and O–H groups in total. The average molecular weight is 414 g/mol. The van der Waals surface area contributed by atoms with Gasteiger partial charge in [0.25, 0.3) is 0 Å². The molecule has 7 nitrogen and oxygen atoms in total. The van der Waals surface area contributed by atoms with Gasteiger partial charge in [-0.05, 0) is 30.2 Å². The topological polar surface area (TPSA) is 116 Å². The number of hydrogen-bond acceptors (Lipinski definition) is 6. The maximum atomic E-state index is 13.4. The molecule has 0 saturated heterocycles. The number of nitrogens with two attached hydrogens (primary N) is 2. The molecule has 0 aliphatic carbocycles. The zero-order valence-corrected chi connectivity index (χ0v) is 15.8. The third-order valence-electron chi connectivity index (χ3n) is 4.76. The van der Waals surface area contributed by atoms with Gasteiger partial charge in [-0.3, -0.25) is 0 Å². The Morgan fingerprint density at radius 3 is 2.47 bits per heavy atom. The van der Waals surface area contributed by atoms with Gasteiger partial charge in [-0.2, -0.15) is 22.9 Å². The Labute approximate surface area is 168 Å². The lowest BCUT2D eigenvalue weighted by Gasteiger charge is -2.12. The number of alkyl halides is 3. The van der Waals surface area contributed by atoms with E-state index < -0.39 is 11.7 Å². The monoisotopic (exact) mass is 414 g/mol. The molecule has 4 aromatic rings. The van der Waals surface area contributed by atoms with Crippen molar-refractivity contribution < 1.29 is 18.4 Å². The Hall–Kier alpha value is -3.82. The molecule has 0 saturated carbocycles. The lowest BCUT2D eigenvalue weighted by molar-refractivity contribution is -0.137. The molecule has 0 atom stereocenters. The minimum Gasteiger partial charge on any atom is -0.426 e. The molecule has 0 bridgehead atoms. The number of aromatic nitrogens is 4. The first-order valence-electron chi connectivity index (χ1n) is 9.01. The van der Waals surface area contributed by atoms with Gasteiger partial charge in [0.05, 0.1) is 16.8 Å². The zero-order chi connectivity index (χ0) is 21.6. The van der Waals surface area contributed by atoms with Crippen molar-refractivity contribution in [3.63, 3.8) is 0 Å². The molecule has 0 spiro atoms. The van der Waals surface area contributed by atoms with E-state index in [1.165, 1.54) is 18.2 Å². The first kappa shape index (κ1) is 19.5. The van der Waals surface area contributed by atoms with Gasteiger partial charge < -0.3 is 16.7 Å². The highest BCUT2D eigenvalue weighted by Crippen LogP contribution is 2.38. The van der Waals surface area contributed by atoms with Crippen LogP contribution in [0.4, 0.5) is 24.9 Å². The molecule has 0 fully saturated rings. The molecular formula is C20H17F3N6O. The summed E-state index contributed by atoms with van der Waals surface area (Å²) in [6.07, 6.45) is -4.06. The van der Waals surface area contributed by atoms with Crippen molar-refractivity contribution >= 4 is 22.8 Å². The van der Waals surface area contributed by atoms with Crippen molar-refractivity contribution in [2.24, 2.45) is 0 Å². The molecular weight excluding hydrogens is 397 g/mol. The van der Waals surface area contributed by atoms with Gasteiger partial charge in [-0.25, -0.2) is 9.97 Å². The number of halogens is 3. The van der Waals surface area contributed by atoms with Crippen molar-refractivity contribution in [3.05, 3.63) is 53.7 Å². The second-order valence-corrected chi connectivity index (χ2v) is 6.64. The summed E-state index contributed by atoms with van der Waals surface area (Å²) in [5.74, 6) is 0.00471. The number of fused-ring (bicyclic) bond motifs is 1. The highest BCUT2D eigenvalue weighted by atomic mass is 19.4. The average Bonchev–Trinajstić information content (AvgIpc) is 3.02. The molecule has 0 aliphatic rings. The first-order valence-corrected chi connectivity index (χ1v) is 9.01. The van der Waals surface area contributed by atoms with Gasteiger partial charge in [0.1, 0.15) is 11.3 Å². The van der Waals surface area contributed by atoms with E-state index in [2.05, 4.69) is 15.0 Å². The predicted octanol–water partition coefficient (Wildman–Crippen LogP) is 4.14. The van der Waals surface area contributed by atoms with Crippen LogP contribution in [0.1, 0.15) is 18.2 Å². The molecule has 0 amide bonds. The van der Waals surface area contributed by atoms with Gasteiger partial charge in [0, 0.05) is 11.1 Å². The fourth-order valence-electron chi connectivity index (χ4n) is 3.43. The largest absolute Gasteiger partial charge is 0.426 e. The van der Waals surface area contributed by atoms with Crippen LogP contribution < -0.4 is 11.5 Å². The van der Waals surface area contributed by atoms with Crippen molar-refractivity contribution in [1.29, 1.82) is 0 Å². The number of nitrogens with zero attached hydrogens (tertiary/aromatic N) is 4. The van der Waals surface area contributed by atoms with Crippen LogP contribution in [0, 0.1) is 0 Å². The minimum atomic E-state index is -4.59.